The van der Waals surface area contributed by atoms with E-state index in [0.717, 1.165) is 0 Å². The fourth-order valence-electron chi connectivity index (χ4n) is 5.97. The number of nitrogens with zero attached hydrogens (tertiary/aromatic N) is 1. The molecule has 0 fully saturated rings. The van der Waals surface area contributed by atoms with Crippen LogP contribution in [0, 0.1) is 11.8 Å². The van der Waals surface area contributed by atoms with Crippen LogP contribution in [0.2, 0.25) is 0 Å². The van der Waals surface area contributed by atoms with E-state index in [1.54, 1.807) is 83.3 Å². The van der Waals surface area contributed by atoms with Crippen LogP contribution in [-0.4, -0.2) is 158 Å². The van der Waals surface area contributed by atoms with Crippen LogP contribution in [0.4, 0.5) is 4.79 Å². The zero-order valence-electron chi connectivity index (χ0n) is 39.9. The zero-order valence-corrected chi connectivity index (χ0v) is 40.7. The van der Waals surface area contributed by atoms with Crippen molar-refractivity contribution in [2.24, 2.45) is 11.8 Å². The fourth-order valence-corrected chi connectivity index (χ4v) is 6.15. The van der Waals surface area contributed by atoms with Gasteiger partial charge >= 0.3 is 12.1 Å². The first kappa shape index (κ1) is 58.1. The van der Waals surface area contributed by atoms with Gasteiger partial charge in [0.15, 0.2) is 5.78 Å². The van der Waals surface area contributed by atoms with E-state index in [1.165, 1.54) is 4.90 Å². The van der Waals surface area contributed by atoms with Gasteiger partial charge in [0.1, 0.15) is 12.2 Å². The van der Waals surface area contributed by atoms with Crippen LogP contribution < -0.4 is 5.32 Å². The van der Waals surface area contributed by atoms with Crippen molar-refractivity contribution in [2.75, 3.05) is 113 Å². The van der Waals surface area contributed by atoms with Crippen LogP contribution in [0.3, 0.4) is 0 Å². The van der Waals surface area contributed by atoms with Gasteiger partial charge in [0.2, 0.25) is 5.91 Å². The molecule has 2 amide bonds. The Balaban J connectivity index is 1.73. The molecule has 2 rings (SSSR count). The van der Waals surface area contributed by atoms with Crippen molar-refractivity contribution in [3.05, 3.63) is 70.8 Å². The number of ether oxygens (including phenoxy) is 10. The summed E-state index contributed by atoms with van der Waals surface area (Å²) in [5.41, 5.74) is 1.55. The fraction of sp³-hybridized carbons (Fsp3) is 0.646. The number of benzene rings is 2. The van der Waals surface area contributed by atoms with Gasteiger partial charge in [-0.15, -0.1) is 0 Å². The average Bonchev–Trinajstić information content (AvgIpc) is 3.27. The Labute approximate surface area is 395 Å². The summed E-state index contributed by atoms with van der Waals surface area (Å²) in [6.45, 7) is 17.2. The van der Waals surface area contributed by atoms with Crippen LogP contribution in [0.25, 0.3) is 0 Å². The highest BCUT2D eigenvalue weighted by Crippen LogP contribution is 2.20. The maximum Gasteiger partial charge on any atom is 0.410 e. The standard InChI is InChI=1S/C48H73ClN2O15/c1-36(2)42(33-44(53)66-48(4,5)6)46(55)50-37(3)43(52)32-38-12-14-39(15-13-38)35-65-47(56)51(34-40-10-8-9-11-41(40)45(49)54)16-17-58-20-21-60-24-25-62-28-29-64-31-30-63-27-26-61-23-22-59-19-18-57-7/h8-15,36-37,42H,16-35H2,1-7H3,(H,50,55)/t37-,42-/m0/s1. The van der Waals surface area contributed by atoms with E-state index in [9.17, 15) is 24.0 Å². The lowest BCUT2D eigenvalue weighted by Crippen LogP contribution is -2.44. The summed E-state index contributed by atoms with van der Waals surface area (Å²) in [6, 6.07) is 13.0. The molecular formula is C48H73ClN2O15. The Kier molecular flexibility index (Phi) is 30.2. The van der Waals surface area contributed by atoms with E-state index in [1.807, 2.05) is 13.8 Å². The molecule has 0 aliphatic rings. The summed E-state index contributed by atoms with van der Waals surface area (Å²) in [4.78, 5) is 65.5. The molecule has 66 heavy (non-hydrogen) atoms. The largest absolute Gasteiger partial charge is 0.460 e. The molecule has 17 nitrogen and oxygen atoms in total. The topological polar surface area (TPSA) is 193 Å². The third-order valence-corrected chi connectivity index (χ3v) is 9.77. The quantitative estimate of drug-likeness (QED) is 0.0501. The van der Waals surface area contributed by atoms with Crippen LogP contribution in [0.1, 0.15) is 75.0 Å². The number of methoxy groups -OCH3 is 1. The Bertz CT molecular complexity index is 1690. The number of halogens is 1. The van der Waals surface area contributed by atoms with E-state index in [2.05, 4.69) is 5.32 Å². The van der Waals surface area contributed by atoms with Gasteiger partial charge in [-0.05, 0) is 68.0 Å². The minimum atomic E-state index is -0.783. The van der Waals surface area contributed by atoms with E-state index >= 15 is 0 Å². The number of carbonyl (C=O) groups excluding carboxylic acids is 5. The molecule has 2 atom stereocenters. The molecule has 0 aliphatic heterocycles. The molecule has 0 spiro atoms. The molecule has 0 aliphatic carbocycles. The normalized spacial score (nSPS) is 12.4. The molecule has 0 saturated heterocycles. The number of amides is 2. The van der Waals surface area contributed by atoms with E-state index in [4.69, 9.17) is 59.0 Å². The van der Waals surface area contributed by atoms with Gasteiger partial charge in [-0.2, -0.15) is 0 Å². The lowest BCUT2D eigenvalue weighted by Gasteiger charge is -2.25. The molecule has 0 unspecified atom stereocenters. The lowest BCUT2D eigenvalue weighted by atomic mass is 9.91. The second-order valence-corrected chi connectivity index (χ2v) is 16.9. The minimum absolute atomic E-state index is 0.0531. The first-order valence-corrected chi connectivity index (χ1v) is 22.8. The Morgan fingerprint density at radius 1 is 0.652 bits per heavy atom. The van der Waals surface area contributed by atoms with Crippen molar-refractivity contribution in [1.82, 2.24) is 10.2 Å². The third kappa shape index (κ3) is 26.9. The lowest BCUT2D eigenvalue weighted by molar-refractivity contribution is -0.158. The monoisotopic (exact) mass is 952 g/mol. The highest BCUT2D eigenvalue weighted by Gasteiger charge is 2.30. The molecule has 372 valence electrons. The van der Waals surface area contributed by atoms with E-state index in [-0.39, 0.29) is 68.9 Å². The number of carbonyl (C=O) groups is 5. The number of hydrogen-bond donors (Lipinski definition) is 1. The molecule has 0 aromatic heterocycles. The first-order chi connectivity index (χ1) is 31.6. The first-order valence-electron chi connectivity index (χ1n) is 22.5. The molecule has 0 radical (unpaired) electrons. The van der Waals surface area contributed by atoms with Crippen LogP contribution in [0.15, 0.2) is 48.5 Å². The van der Waals surface area contributed by atoms with Gasteiger partial charge < -0.3 is 57.6 Å². The number of rotatable bonds is 37. The SMILES string of the molecule is COCCOCCOCCOCCOCCOCCOCCOCCN(Cc1ccccc1C(=O)Cl)C(=O)OCc1ccc(CC(=O)[C@H](C)NC(=O)[C@@H](CC(=O)OC(C)(C)C)C(C)C)cc1. The second-order valence-electron chi connectivity index (χ2n) is 16.5. The maximum absolute atomic E-state index is 13.4. The summed E-state index contributed by atoms with van der Waals surface area (Å²) in [5.74, 6) is -1.86. The summed E-state index contributed by atoms with van der Waals surface area (Å²) in [5, 5.41) is 2.12. The second kappa shape index (κ2) is 34.3. The van der Waals surface area contributed by atoms with E-state index < -0.39 is 34.9 Å². The molecule has 1 N–H and O–H groups in total. The van der Waals surface area contributed by atoms with Crippen LogP contribution >= 0.6 is 11.6 Å². The predicted octanol–water partition coefficient (Wildman–Crippen LogP) is 5.59. The number of hydrogen-bond acceptors (Lipinski definition) is 15. The predicted molar refractivity (Wildman–Crippen MR) is 246 cm³/mol. The van der Waals surface area contributed by atoms with Gasteiger partial charge in [-0.3, -0.25) is 19.2 Å². The Hall–Kier alpha value is -4.04. The highest BCUT2D eigenvalue weighted by atomic mass is 35.5. The molecule has 0 heterocycles. The Morgan fingerprint density at radius 3 is 1.59 bits per heavy atom. The van der Waals surface area contributed by atoms with Crippen molar-refractivity contribution in [3.8, 4) is 0 Å². The minimum Gasteiger partial charge on any atom is -0.460 e. The zero-order chi connectivity index (χ0) is 48.6. The smallest absolute Gasteiger partial charge is 0.410 e. The Morgan fingerprint density at radius 2 is 1.12 bits per heavy atom. The summed E-state index contributed by atoms with van der Waals surface area (Å²) in [6.07, 6.45) is -0.657. The summed E-state index contributed by atoms with van der Waals surface area (Å²) in [7, 11) is 1.63. The van der Waals surface area contributed by atoms with E-state index in [0.29, 0.717) is 103 Å². The van der Waals surface area contributed by atoms with Crippen LogP contribution in [-0.2, 0) is 81.3 Å². The summed E-state index contributed by atoms with van der Waals surface area (Å²) < 4.78 is 54.5. The molecule has 2 aromatic rings. The number of ketones is 1. The molecule has 0 bridgehead atoms. The van der Waals surface area contributed by atoms with Crippen LogP contribution in [0.5, 0.6) is 0 Å². The van der Waals surface area contributed by atoms with Gasteiger partial charge in [0, 0.05) is 32.2 Å². The van der Waals surface area contributed by atoms with Gasteiger partial charge in [-0.25, -0.2) is 4.79 Å². The number of Topliss-reactive ketones (excluding diaryl/α,β-unsaturated/α-hetero) is 1. The van der Waals surface area contributed by atoms with Gasteiger partial charge in [-0.1, -0.05) is 56.3 Å². The van der Waals surface area contributed by atoms with Crippen molar-refractivity contribution in [2.45, 2.75) is 79.2 Å². The maximum atomic E-state index is 13.4. The van der Waals surface area contributed by atoms with Crippen molar-refractivity contribution >= 4 is 40.6 Å². The van der Waals surface area contributed by atoms with Crippen molar-refractivity contribution in [3.63, 3.8) is 0 Å². The summed E-state index contributed by atoms with van der Waals surface area (Å²) >= 11 is 5.83. The van der Waals surface area contributed by atoms with Crippen molar-refractivity contribution < 1.29 is 71.3 Å². The average molecular weight is 954 g/mol. The van der Waals surface area contributed by atoms with Gasteiger partial charge in [0.05, 0.1) is 117 Å². The number of nitrogens with one attached hydrogen (secondary N) is 1. The molecular weight excluding hydrogens is 880 g/mol. The molecule has 18 heteroatoms. The van der Waals surface area contributed by atoms with Gasteiger partial charge in [0.25, 0.3) is 5.24 Å². The molecule has 0 saturated carbocycles. The third-order valence-electron chi connectivity index (χ3n) is 9.57. The van der Waals surface area contributed by atoms with Crippen molar-refractivity contribution in [1.29, 1.82) is 0 Å². The number of esters is 1. The molecule has 2 aromatic carbocycles. The highest BCUT2D eigenvalue weighted by molar-refractivity contribution is 6.67.